The van der Waals surface area contributed by atoms with E-state index in [0.717, 1.165) is 27.7 Å². The quantitative estimate of drug-likeness (QED) is 0.249. The van der Waals surface area contributed by atoms with Crippen LogP contribution < -0.4 is 5.56 Å². The molecule has 4 aromatic rings. The van der Waals surface area contributed by atoms with Crippen molar-refractivity contribution < 1.29 is 14.6 Å². The van der Waals surface area contributed by atoms with E-state index in [0.29, 0.717) is 29.1 Å². The average molecular weight is 522 g/mol. The normalized spacial score (nSPS) is 18.5. The Bertz CT molecular complexity index is 1730. The molecule has 0 radical (unpaired) electrons. The first-order valence-corrected chi connectivity index (χ1v) is 13.3. The zero-order valence-electron chi connectivity index (χ0n) is 22.6. The molecule has 2 aliphatic rings. The molecule has 198 valence electrons. The van der Waals surface area contributed by atoms with Gasteiger partial charge in [0.2, 0.25) is 0 Å². The molecular formula is C32H31N3O4. The molecule has 1 atom stereocenters. The van der Waals surface area contributed by atoms with Crippen LogP contribution in [0.15, 0.2) is 64.4 Å². The van der Waals surface area contributed by atoms with E-state index in [1.165, 1.54) is 5.56 Å². The predicted octanol–water partition coefficient (Wildman–Crippen LogP) is 5.52. The zero-order chi connectivity index (χ0) is 27.5. The molecule has 4 heterocycles. The number of aliphatic hydroxyl groups is 1. The van der Waals surface area contributed by atoms with Crippen LogP contribution in [0.4, 0.5) is 5.69 Å². The topological polar surface area (TPSA) is 93.8 Å². The van der Waals surface area contributed by atoms with Crippen LogP contribution in [-0.2, 0) is 33.7 Å². The van der Waals surface area contributed by atoms with Crippen LogP contribution >= 0.6 is 0 Å². The number of ether oxygens (including phenoxy) is 1. The summed E-state index contributed by atoms with van der Waals surface area (Å²) in [5.74, 6) is -0.515. The van der Waals surface area contributed by atoms with E-state index < -0.39 is 11.6 Å². The van der Waals surface area contributed by atoms with Gasteiger partial charge in [-0.3, -0.25) is 14.6 Å². The summed E-state index contributed by atoms with van der Waals surface area (Å²) in [4.78, 5) is 35.7. The van der Waals surface area contributed by atoms with Crippen LogP contribution in [0.2, 0.25) is 0 Å². The van der Waals surface area contributed by atoms with Gasteiger partial charge in [0.1, 0.15) is 12.2 Å². The van der Waals surface area contributed by atoms with Gasteiger partial charge in [-0.2, -0.15) is 0 Å². The maximum absolute atomic E-state index is 13.7. The number of cyclic esters (lactones) is 1. The van der Waals surface area contributed by atoms with Crippen molar-refractivity contribution in [3.63, 3.8) is 0 Å². The van der Waals surface area contributed by atoms with Crippen molar-refractivity contribution in [1.82, 2.24) is 9.55 Å². The van der Waals surface area contributed by atoms with Crippen LogP contribution in [0.3, 0.4) is 0 Å². The Labute approximate surface area is 226 Å². The van der Waals surface area contributed by atoms with Gasteiger partial charge in [-0.15, -0.1) is 0 Å². The van der Waals surface area contributed by atoms with Crippen molar-refractivity contribution in [2.24, 2.45) is 4.99 Å². The minimum atomic E-state index is -1.47. The third-order valence-corrected chi connectivity index (χ3v) is 7.97. The van der Waals surface area contributed by atoms with Gasteiger partial charge in [-0.1, -0.05) is 58.0 Å². The number of pyridine rings is 2. The third-order valence-electron chi connectivity index (χ3n) is 7.97. The summed E-state index contributed by atoms with van der Waals surface area (Å²) in [6.45, 7) is 8.51. The number of aromatic nitrogens is 2. The summed E-state index contributed by atoms with van der Waals surface area (Å²) < 4.78 is 6.97. The number of rotatable bonds is 3. The molecule has 0 amide bonds. The molecule has 39 heavy (non-hydrogen) atoms. The Hall–Kier alpha value is -4.10. The summed E-state index contributed by atoms with van der Waals surface area (Å²) in [7, 11) is 0. The highest BCUT2D eigenvalue weighted by Crippen LogP contribution is 2.40. The highest BCUT2D eigenvalue weighted by atomic mass is 16.5. The molecule has 7 heteroatoms. The molecule has 7 nitrogen and oxygen atoms in total. The molecule has 0 saturated heterocycles. The number of fused-ring (bicyclic) bond motifs is 5. The fourth-order valence-electron chi connectivity index (χ4n) is 5.59. The Morgan fingerprint density at radius 3 is 2.56 bits per heavy atom. The van der Waals surface area contributed by atoms with E-state index in [-0.39, 0.29) is 30.4 Å². The van der Waals surface area contributed by atoms with Gasteiger partial charge in [-0.05, 0) is 47.2 Å². The van der Waals surface area contributed by atoms with Crippen LogP contribution in [0.25, 0.3) is 22.3 Å². The number of carbonyl (C=O) groups excluding carboxylic acids is 1. The largest absolute Gasteiger partial charge is 0.460 e. The van der Waals surface area contributed by atoms with Gasteiger partial charge < -0.3 is 14.4 Å². The number of nitrogens with zero attached hydrogens (tertiary/aromatic N) is 3. The number of para-hydroxylation sites is 1. The van der Waals surface area contributed by atoms with Crippen molar-refractivity contribution in [3.05, 3.63) is 92.8 Å². The number of carbonyl (C=O) groups is 1. The fourth-order valence-corrected chi connectivity index (χ4v) is 5.59. The molecule has 0 fully saturated rings. The van der Waals surface area contributed by atoms with Crippen LogP contribution in [0.1, 0.15) is 68.4 Å². The summed E-state index contributed by atoms with van der Waals surface area (Å²) >= 11 is 0. The lowest BCUT2D eigenvalue weighted by Gasteiger charge is -2.26. The fraction of sp³-hybridized carbons (Fsp3) is 0.312. The van der Waals surface area contributed by atoms with Crippen molar-refractivity contribution in [2.75, 3.05) is 0 Å². The number of benzene rings is 2. The average Bonchev–Trinajstić information content (AvgIpc) is 3.22. The van der Waals surface area contributed by atoms with Crippen LogP contribution in [0, 0.1) is 0 Å². The second-order valence-corrected chi connectivity index (χ2v) is 11.5. The maximum atomic E-state index is 13.7. The molecule has 1 unspecified atom stereocenters. The first-order chi connectivity index (χ1) is 18.6. The highest BCUT2D eigenvalue weighted by molar-refractivity contribution is 6.03. The van der Waals surface area contributed by atoms with E-state index in [4.69, 9.17) is 14.7 Å². The predicted molar refractivity (Wildman–Crippen MR) is 152 cm³/mol. The summed E-state index contributed by atoms with van der Waals surface area (Å²) in [6, 6.07) is 17.9. The Morgan fingerprint density at radius 2 is 1.85 bits per heavy atom. The van der Waals surface area contributed by atoms with Gasteiger partial charge in [0.15, 0.2) is 0 Å². The summed E-state index contributed by atoms with van der Waals surface area (Å²) in [5, 5.41) is 12.4. The zero-order valence-corrected chi connectivity index (χ0v) is 22.6. The van der Waals surface area contributed by atoms with Crippen molar-refractivity contribution in [3.8, 4) is 11.4 Å². The lowest BCUT2D eigenvalue weighted by molar-refractivity contribution is -0.149. The molecule has 0 bridgehead atoms. The Morgan fingerprint density at radius 1 is 1.10 bits per heavy atom. The van der Waals surface area contributed by atoms with E-state index in [9.17, 15) is 14.7 Å². The van der Waals surface area contributed by atoms with E-state index >= 15 is 0 Å². The second kappa shape index (κ2) is 8.99. The lowest BCUT2D eigenvalue weighted by atomic mass is 9.85. The first-order valence-electron chi connectivity index (χ1n) is 13.3. The van der Waals surface area contributed by atoms with Crippen LogP contribution in [-0.4, -0.2) is 26.8 Å². The van der Waals surface area contributed by atoms with Crippen molar-refractivity contribution >= 4 is 28.8 Å². The molecule has 0 aliphatic carbocycles. The van der Waals surface area contributed by atoms with Crippen LogP contribution in [0.5, 0.6) is 0 Å². The van der Waals surface area contributed by atoms with Crippen molar-refractivity contribution in [1.29, 1.82) is 0 Å². The maximum Gasteiger partial charge on any atom is 0.309 e. The molecule has 2 aromatic heterocycles. The smallest absolute Gasteiger partial charge is 0.309 e. The molecule has 6 rings (SSSR count). The molecule has 2 aliphatic heterocycles. The number of hydrogen-bond acceptors (Lipinski definition) is 6. The number of hydrogen-bond donors (Lipinski definition) is 1. The Kier molecular flexibility index (Phi) is 5.81. The van der Waals surface area contributed by atoms with Gasteiger partial charge in [-0.25, -0.2) is 4.98 Å². The number of esters is 1. The van der Waals surface area contributed by atoms with E-state index in [1.54, 1.807) is 11.5 Å². The second-order valence-electron chi connectivity index (χ2n) is 11.5. The van der Waals surface area contributed by atoms with Gasteiger partial charge in [0.25, 0.3) is 5.56 Å². The van der Waals surface area contributed by atoms with E-state index in [1.807, 2.05) is 48.7 Å². The van der Waals surface area contributed by atoms with E-state index in [2.05, 4.69) is 32.9 Å². The first kappa shape index (κ1) is 25.2. The molecule has 1 N–H and O–H groups in total. The summed E-state index contributed by atoms with van der Waals surface area (Å²) in [5.41, 5.74) is 5.08. The molecule has 0 saturated carbocycles. The lowest BCUT2D eigenvalue weighted by Crippen LogP contribution is -2.32. The highest BCUT2D eigenvalue weighted by Gasteiger charge is 2.39. The minimum Gasteiger partial charge on any atom is -0.460 e. The SMILES string of the molecule is CCC1(O)CC(=O)OCc2c1cc1n(c2=O)Cc2c-1nc1ccccc1c2C=Nc1ccc(C(C)(C)C)cc1. The third kappa shape index (κ3) is 4.17. The van der Waals surface area contributed by atoms with Gasteiger partial charge in [0, 0.05) is 22.7 Å². The van der Waals surface area contributed by atoms with Gasteiger partial charge in [0.05, 0.1) is 41.1 Å². The molecule has 0 spiro atoms. The summed E-state index contributed by atoms with van der Waals surface area (Å²) in [6.07, 6.45) is 1.95. The van der Waals surface area contributed by atoms with Crippen molar-refractivity contribution in [2.45, 2.75) is 64.7 Å². The monoisotopic (exact) mass is 521 g/mol. The van der Waals surface area contributed by atoms with Gasteiger partial charge >= 0.3 is 5.97 Å². The molecular weight excluding hydrogens is 490 g/mol. The Balaban J connectivity index is 1.52. The minimum absolute atomic E-state index is 0.0594. The standard InChI is InChI=1S/C32H31N3O4/c1-5-32(38)15-28(36)39-18-24-25(32)14-27-29-23(17-35(27)30(24)37)22(21-8-6-7-9-26(21)34-29)16-33-20-12-10-19(11-13-20)31(2,3)4/h6-14,16,38H,5,15,17-18H2,1-4H3. The molecule has 2 aromatic carbocycles. The number of aliphatic imine (C=N–C) groups is 1.